The molecule has 0 aliphatic carbocycles. The van der Waals surface area contributed by atoms with Crippen molar-refractivity contribution in [1.29, 1.82) is 0 Å². The second-order valence-electron chi connectivity index (χ2n) is 4.76. The Bertz CT molecular complexity index is 865. The van der Waals surface area contributed by atoms with Crippen molar-refractivity contribution in [2.24, 2.45) is 0 Å². The molecule has 0 saturated carbocycles. The van der Waals surface area contributed by atoms with Crippen molar-refractivity contribution in [3.05, 3.63) is 61.3 Å². The number of fused-ring (bicyclic) bond motifs is 1. The molecule has 2 aromatic heterocycles. The minimum Gasteiger partial charge on any atom is -0.377 e. The molecule has 6 heteroatoms. The van der Waals surface area contributed by atoms with Crippen molar-refractivity contribution >= 4 is 27.8 Å². The number of H-pyrrole nitrogens is 2. The van der Waals surface area contributed by atoms with E-state index in [4.69, 9.17) is 0 Å². The first kappa shape index (κ1) is 13.6. The summed E-state index contributed by atoms with van der Waals surface area (Å²) < 4.78 is 0. The smallest absolute Gasteiger partial charge is 0.272 e. The third-order valence-electron chi connectivity index (χ3n) is 3.45. The van der Waals surface area contributed by atoms with Gasteiger partial charge in [-0.2, -0.15) is 0 Å². The van der Waals surface area contributed by atoms with Gasteiger partial charge < -0.3 is 5.32 Å². The fourth-order valence-electron chi connectivity index (χ4n) is 2.40. The number of hydrogen-bond acceptors (Lipinski definition) is 4. The van der Waals surface area contributed by atoms with Crippen LogP contribution in [0.3, 0.4) is 0 Å². The average molecular weight is 301 g/mol. The van der Waals surface area contributed by atoms with Gasteiger partial charge in [0.05, 0.1) is 16.8 Å². The summed E-state index contributed by atoms with van der Waals surface area (Å²) >= 11 is 1.67. The van der Waals surface area contributed by atoms with E-state index in [0.29, 0.717) is 16.5 Å². The van der Waals surface area contributed by atoms with E-state index in [-0.39, 0.29) is 17.2 Å². The number of thiophene rings is 1. The summed E-state index contributed by atoms with van der Waals surface area (Å²) in [5, 5.41) is 10.9. The summed E-state index contributed by atoms with van der Waals surface area (Å²) in [6.45, 7) is 2.08. The molecule has 2 heterocycles. The van der Waals surface area contributed by atoms with E-state index in [1.54, 1.807) is 23.5 Å². The van der Waals surface area contributed by atoms with E-state index in [1.807, 2.05) is 17.5 Å². The minimum absolute atomic E-state index is 0.120. The number of aromatic amines is 2. The Morgan fingerprint density at radius 3 is 2.67 bits per heavy atom. The topological polar surface area (TPSA) is 77.8 Å². The van der Waals surface area contributed by atoms with E-state index in [9.17, 15) is 9.59 Å². The first-order valence-electron chi connectivity index (χ1n) is 6.74. The first-order chi connectivity index (χ1) is 10.2. The standard InChI is InChI=1S/C15H15N3O2S/c1-2-10(12-7-4-8-21-12)16-11-6-3-5-9-13(11)15(20)18-17-14(9)19/h3-8,10,16H,2H2,1H3,(H,17,19)(H,18,20). The SMILES string of the molecule is CCC(Nc1cccc2c(=O)[nH][nH]c(=O)c12)c1cccs1. The highest BCUT2D eigenvalue weighted by molar-refractivity contribution is 7.10. The second-order valence-corrected chi connectivity index (χ2v) is 5.74. The van der Waals surface area contributed by atoms with Crippen LogP contribution in [-0.4, -0.2) is 10.2 Å². The summed E-state index contributed by atoms with van der Waals surface area (Å²) in [4.78, 5) is 25.1. The van der Waals surface area contributed by atoms with Crippen LogP contribution in [0.4, 0.5) is 5.69 Å². The molecule has 0 aliphatic heterocycles. The van der Waals surface area contributed by atoms with Gasteiger partial charge in [-0.15, -0.1) is 11.3 Å². The molecule has 1 unspecified atom stereocenters. The first-order valence-corrected chi connectivity index (χ1v) is 7.62. The normalized spacial score (nSPS) is 12.4. The second kappa shape index (κ2) is 5.57. The molecule has 0 aliphatic rings. The fraction of sp³-hybridized carbons (Fsp3) is 0.200. The third kappa shape index (κ3) is 2.50. The Balaban J connectivity index is 2.11. The van der Waals surface area contributed by atoms with Crippen LogP contribution >= 0.6 is 11.3 Å². The van der Waals surface area contributed by atoms with Crippen LogP contribution in [-0.2, 0) is 0 Å². The van der Waals surface area contributed by atoms with Crippen LogP contribution < -0.4 is 16.4 Å². The van der Waals surface area contributed by atoms with Crippen molar-refractivity contribution in [1.82, 2.24) is 10.2 Å². The molecule has 3 N–H and O–H groups in total. The highest BCUT2D eigenvalue weighted by Gasteiger charge is 2.14. The van der Waals surface area contributed by atoms with Crippen molar-refractivity contribution < 1.29 is 0 Å². The van der Waals surface area contributed by atoms with Crippen LogP contribution in [0.25, 0.3) is 10.8 Å². The summed E-state index contributed by atoms with van der Waals surface area (Å²) in [6, 6.07) is 9.45. The zero-order chi connectivity index (χ0) is 14.8. The predicted molar refractivity (Wildman–Crippen MR) is 86.2 cm³/mol. The molecule has 0 amide bonds. The maximum absolute atomic E-state index is 12.0. The minimum atomic E-state index is -0.297. The Morgan fingerprint density at radius 2 is 1.95 bits per heavy atom. The molecule has 0 bridgehead atoms. The van der Waals surface area contributed by atoms with Crippen LogP contribution in [0.2, 0.25) is 0 Å². The molecule has 3 rings (SSSR count). The Hall–Kier alpha value is -2.34. The number of nitrogens with one attached hydrogen (secondary N) is 3. The van der Waals surface area contributed by atoms with Crippen LogP contribution in [0, 0.1) is 0 Å². The van der Waals surface area contributed by atoms with Crippen molar-refractivity contribution in [2.75, 3.05) is 5.32 Å². The van der Waals surface area contributed by atoms with Gasteiger partial charge in [-0.05, 0) is 30.0 Å². The molecule has 0 fully saturated rings. The monoisotopic (exact) mass is 301 g/mol. The molecule has 21 heavy (non-hydrogen) atoms. The highest BCUT2D eigenvalue weighted by atomic mass is 32.1. The van der Waals surface area contributed by atoms with Gasteiger partial charge in [0.2, 0.25) is 0 Å². The van der Waals surface area contributed by atoms with Gasteiger partial charge in [0.15, 0.2) is 0 Å². The number of benzene rings is 1. The third-order valence-corrected chi connectivity index (χ3v) is 4.44. The zero-order valence-corrected chi connectivity index (χ0v) is 12.3. The zero-order valence-electron chi connectivity index (χ0n) is 11.5. The lowest BCUT2D eigenvalue weighted by Gasteiger charge is -2.17. The lowest BCUT2D eigenvalue weighted by molar-refractivity contribution is 0.765. The molecule has 0 spiro atoms. The van der Waals surface area contributed by atoms with Gasteiger partial charge in [0, 0.05) is 10.6 Å². The molecule has 3 aromatic rings. The Morgan fingerprint density at radius 1 is 1.14 bits per heavy atom. The van der Waals surface area contributed by atoms with Crippen molar-refractivity contribution in [3.8, 4) is 0 Å². The molecule has 1 aromatic carbocycles. The molecule has 5 nitrogen and oxygen atoms in total. The van der Waals surface area contributed by atoms with Gasteiger partial charge in [0.25, 0.3) is 11.1 Å². The number of hydrogen-bond donors (Lipinski definition) is 3. The van der Waals surface area contributed by atoms with E-state index in [1.165, 1.54) is 4.88 Å². The molecule has 108 valence electrons. The Kier molecular flexibility index (Phi) is 3.62. The maximum Gasteiger partial charge on any atom is 0.272 e. The molecule has 0 radical (unpaired) electrons. The number of anilines is 1. The van der Waals surface area contributed by atoms with Crippen LogP contribution in [0.1, 0.15) is 24.3 Å². The largest absolute Gasteiger partial charge is 0.377 e. The summed E-state index contributed by atoms with van der Waals surface area (Å²) in [5.74, 6) is 0. The van der Waals surface area contributed by atoms with E-state index < -0.39 is 0 Å². The van der Waals surface area contributed by atoms with E-state index >= 15 is 0 Å². The summed E-state index contributed by atoms with van der Waals surface area (Å²) in [7, 11) is 0. The highest BCUT2D eigenvalue weighted by Crippen LogP contribution is 2.28. The maximum atomic E-state index is 12.0. The van der Waals surface area contributed by atoms with Gasteiger partial charge in [-0.1, -0.05) is 19.1 Å². The number of aromatic nitrogens is 2. The van der Waals surface area contributed by atoms with Gasteiger partial charge >= 0.3 is 0 Å². The summed E-state index contributed by atoms with van der Waals surface area (Å²) in [5.41, 5.74) is 0.0891. The molecular weight excluding hydrogens is 286 g/mol. The van der Waals surface area contributed by atoms with Crippen LogP contribution in [0.5, 0.6) is 0 Å². The van der Waals surface area contributed by atoms with E-state index in [0.717, 1.165) is 6.42 Å². The molecular formula is C15H15N3O2S. The van der Waals surface area contributed by atoms with Crippen molar-refractivity contribution in [3.63, 3.8) is 0 Å². The number of rotatable bonds is 4. The van der Waals surface area contributed by atoms with E-state index in [2.05, 4.69) is 28.5 Å². The van der Waals surface area contributed by atoms with Crippen LogP contribution in [0.15, 0.2) is 45.3 Å². The van der Waals surface area contributed by atoms with Crippen molar-refractivity contribution in [2.45, 2.75) is 19.4 Å². The lowest BCUT2D eigenvalue weighted by atomic mass is 10.1. The quantitative estimate of drug-likeness (QED) is 0.693. The lowest BCUT2D eigenvalue weighted by Crippen LogP contribution is -2.20. The average Bonchev–Trinajstić information content (AvgIpc) is 3.02. The fourth-order valence-corrected chi connectivity index (χ4v) is 3.26. The molecule has 0 saturated heterocycles. The summed E-state index contributed by atoms with van der Waals surface area (Å²) in [6.07, 6.45) is 0.887. The predicted octanol–water partition coefficient (Wildman–Crippen LogP) is 2.84. The van der Waals surface area contributed by atoms with Gasteiger partial charge in [-0.3, -0.25) is 19.8 Å². The van der Waals surface area contributed by atoms with Gasteiger partial charge in [-0.25, -0.2) is 0 Å². The van der Waals surface area contributed by atoms with Gasteiger partial charge in [0.1, 0.15) is 0 Å². The molecule has 1 atom stereocenters. The Labute approximate surface area is 124 Å².